The summed E-state index contributed by atoms with van der Waals surface area (Å²) in [5.41, 5.74) is 2.02. The minimum absolute atomic E-state index is 0.00787. The maximum atomic E-state index is 12.1. The number of anilines is 1. The number of amides is 1. The molecule has 136 valence electrons. The van der Waals surface area contributed by atoms with Gasteiger partial charge < -0.3 is 0 Å². The van der Waals surface area contributed by atoms with E-state index in [0.29, 0.717) is 26.4 Å². The number of aromatic nitrogens is 1. The molecule has 1 aromatic heterocycles. The molecule has 1 heterocycles. The Bertz CT molecular complexity index is 1030. The van der Waals surface area contributed by atoms with E-state index in [-0.39, 0.29) is 11.6 Å². The molecular weight excluding hydrogens is 409 g/mol. The van der Waals surface area contributed by atoms with E-state index < -0.39 is 4.92 Å². The predicted octanol–water partition coefficient (Wildman–Crippen LogP) is 5.68. The van der Waals surface area contributed by atoms with Gasteiger partial charge in [-0.1, -0.05) is 29.3 Å². The van der Waals surface area contributed by atoms with Crippen LogP contribution < -0.4 is 5.32 Å². The first-order valence-corrected chi connectivity index (χ1v) is 9.20. The van der Waals surface area contributed by atoms with Crippen LogP contribution >= 0.6 is 34.5 Å². The minimum Gasteiger partial charge on any atom is -0.298 e. The van der Waals surface area contributed by atoms with E-state index >= 15 is 0 Å². The number of hydrogen-bond donors (Lipinski definition) is 1. The van der Waals surface area contributed by atoms with Gasteiger partial charge in [0, 0.05) is 39.2 Å². The summed E-state index contributed by atoms with van der Waals surface area (Å²) in [6.07, 6.45) is 2.93. The van der Waals surface area contributed by atoms with Gasteiger partial charge >= 0.3 is 0 Å². The van der Waals surface area contributed by atoms with Crippen molar-refractivity contribution in [2.45, 2.75) is 0 Å². The highest BCUT2D eigenvalue weighted by molar-refractivity contribution is 7.14. The van der Waals surface area contributed by atoms with Crippen molar-refractivity contribution in [1.82, 2.24) is 4.98 Å². The number of hydrogen-bond acceptors (Lipinski definition) is 5. The van der Waals surface area contributed by atoms with E-state index in [1.54, 1.807) is 41.8 Å². The van der Waals surface area contributed by atoms with Gasteiger partial charge in [0.15, 0.2) is 5.13 Å². The lowest BCUT2D eigenvalue weighted by molar-refractivity contribution is -0.384. The Hall–Kier alpha value is -2.74. The number of carbonyl (C=O) groups is 1. The van der Waals surface area contributed by atoms with Gasteiger partial charge in [-0.3, -0.25) is 20.2 Å². The summed E-state index contributed by atoms with van der Waals surface area (Å²) in [7, 11) is 0. The van der Waals surface area contributed by atoms with Crippen LogP contribution in [0.25, 0.3) is 17.3 Å². The lowest BCUT2D eigenvalue weighted by Crippen LogP contribution is -2.07. The van der Waals surface area contributed by atoms with Crippen LogP contribution in [0.15, 0.2) is 53.9 Å². The van der Waals surface area contributed by atoms with Gasteiger partial charge in [0.25, 0.3) is 5.69 Å². The van der Waals surface area contributed by atoms with Crippen molar-refractivity contribution in [2.75, 3.05) is 5.32 Å². The summed E-state index contributed by atoms with van der Waals surface area (Å²) in [4.78, 5) is 26.6. The summed E-state index contributed by atoms with van der Waals surface area (Å²) in [5, 5.41) is 16.5. The highest BCUT2D eigenvalue weighted by Gasteiger charge is 2.09. The zero-order chi connectivity index (χ0) is 19.4. The molecule has 0 spiro atoms. The highest BCUT2D eigenvalue weighted by Crippen LogP contribution is 2.26. The number of halogens is 2. The second kappa shape index (κ2) is 8.30. The molecule has 1 N–H and O–H groups in total. The van der Waals surface area contributed by atoms with Crippen LogP contribution in [0, 0.1) is 10.1 Å². The largest absolute Gasteiger partial charge is 0.298 e. The fourth-order valence-electron chi connectivity index (χ4n) is 2.17. The van der Waals surface area contributed by atoms with E-state index in [4.69, 9.17) is 23.2 Å². The Morgan fingerprint density at radius 2 is 1.93 bits per heavy atom. The Kier molecular flexibility index (Phi) is 5.85. The highest BCUT2D eigenvalue weighted by atomic mass is 35.5. The number of nitro benzene ring substituents is 1. The molecule has 0 unspecified atom stereocenters. The van der Waals surface area contributed by atoms with Crippen LogP contribution in [0.4, 0.5) is 10.8 Å². The van der Waals surface area contributed by atoms with Crippen molar-refractivity contribution in [1.29, 1.82) is 0 Å². The number of thiazole rings is 1. The van der Waals surface area contributed by atoms with E-state index in [0.717, 1.165) is 5.56 Å². The van der Waals surface area contributed by atoms with Gasteiger partial charge in [-0.15, -0.1) is 11.3 Å². The second-order valence-electron chi connectivity index (χ2n) is 5.33. The fourth-order valence-corrected chi connectivity index (χ4v) is 3.36. The molecule has 3 aromatic rings. The third-order valence-corrected chi connectivity index (χ3v) is 4.81. The zero-order valence-corrected chi connectivity index (χ0v) is 15.9. The molecule has 3 rings (SSSR count). The standard InChI is InChI=1S/C18H11Cl2N3O3S/c19-13-5-1-11(15(20)9-13)4-8-17(24)22-18-21-16(10-27-18)12-2-6-14(7-3-12)23(25)26/h1-10H,(H,21,22,24)/b8-4+. The molecule has 0 fully saturated rings. The number of non-ortho nitro benzene ring substituents is 1. The average molecular weight is 420 g/mol. The SMILES string of the molecule is O=C(/C=C/c1ccc(Cl)cc1Cl)Nc1nc(-c2ccc([N+](=O)[O-])cc2)cs1. The van der Waals surface area contributed by atoms with Gasteiger partial charge in [0.05, 0.1) is 10.6 Å². The summed E-state index contributed by atoms with van der Waals surface area (Å²) in [6.45, 7) is 0. The molecular formula is C18H11Cl2N3O3S. The molecule has 0 saturated carbocycles. The lowest BCUT2D eigenvalue weighted by atomic mass is 10.1. The number of rotatable bonds is 5. The molecule has 0 aliphatic rings. The van der Waals surface area contributed by atoms with Crippen molar-refractivity contribution in [3.05, 3.63) is 79.6 Å². The van der Waals surface area contributed by atoms with Gasteiger partial charge in [-0.25, -0.2) is 4.98 Å². The van der Waals surface area contributed by atoms with Crippen molar-refractivity contribution >= 4 is 57.3 Å². The Balaban J connectivity index is 1.67. The average Bonchev–Trinajstić information content (AvgIpc) is 3.09. The molecule has 6 nitrogen and oxygen atoms in total. The van der Waals surface area contributed by atoms with E-state index in [1.165, 1.54) is 29.5 Å². The van der Waals surface area contributed by atoms with E-state index in [9.17, 15) is 14.9 Å². The second-order valence-corrected chi connectivity index (χ2v) is 7.03. The van der Waals surface area contributed by atoms with Gasteiger partial charge in [-0.2, -0.15) is 0 Å². The van der Waals surface area contributed by atoms with Crippen LogP contribution in [0.1, 0.15) is 5.56 Å². The molecule has 0 aliphatic carbocycles. The Morgan fingerprint density at radius 1 is 1.19 bits per heavy atom. The number of carbonyl (C=O) groups excluding carboxylic acids is 1. The maximum Gasteiger partial charge on any atom is 0.269 e. The van der Waals surface area contributed by atoms with E-state index in [1.807, 2.05) is 0 Å². The molecule has 0 saturated heterocycles. The molecule has 0 atom stereocenters. The van der Waals surface area contributed by atoms with Crippen LogP contribution in [-0.4, -0.2) is 15.8 Å². The first-order chi connectivity index (χ1) is 12.9. The zero-order valence-electron chi connectivity index (χ0n) is 13.6. The summed E-state index contributed by atoms with van der Waals surface area (Å²) in [6, 6.07) is 11.0. The third-order valence-electron chi connectivity index (χ3n) is 3.48. The van der Waals surface area contributed by atoms with Crippen molar-refractivity contribution in [3.8, 4) is 11.3 Å². The summed E-state index contributed by atoms with van der Waals surface area (Å²) >= 11 is 13.1. The fraction of sp³-hybridized carbons (Fsp3) is 0. The summed E-state index contributed by atoms with van der Waals surface area (Å²) < 4.78 is 0. The summed E-state index contributed by atoms with van der Waals surface area (Å²) in [5.74, 6) is -0.356. The first kappa shape index (κ1) is 19.0. The van der Waals surface area contributed by atoms with Crippen molar-refractivity contribution < 1.29 is 9.72 Å². The Morgan fingerprint density at radius 3 is 2.59 bits per heavy atom. The third kappa shape index (κ3) is 4.91. The van der Waals surface area contributed by atoms with Crippen LogP contribution in [0.2, 0.25) is 10.0 Å². The molecule has 27 heavy (non-hydrogen) atoms. The molecule has 0 aliphatic heterocycles. The van der Waals surface area contributed by atoms with Crippen LogP contribution in [0.5, 0.6) is 0 Å². The minimum atomic E-state index is -0.463. The van der Waals surface area contributed by atoms with Crippen molar-refractivity contribution in [3.63, 3.8) is 0 Å². The molecule has 2 aromatic carbocycles. The monoisotopic (exact) mass is 419 g/mol. The molecule has 9 heteroatoms. The first-order valence-electron chi connectivity index (χ1n) is 7.57. The van der Waals surface area contributed by atoms with Gasteiger partial charge in [-0.05, 0) is 35.9 Å². The number of nitro groups is 1. The van der Waals surface area contributed by atoms with Crippen LogP contribution in [0.3, 0.4) is 0 Å². The number of nitrogens with zero attached hydrogens (tertiary/aromatic N) is 2. The van der Waals surface area contributed by atoms with E-state index in [2.05, 4.69) is 10.3 Å². The topological polar surface area (TPSA) is 85.1 Å². The maximum absolute atomic E-state index is 12.1. The predicted molar refractivity (Wildman–Crippen MR) is 108 cm³/mol. The molecule has 1 amide bonds. The number of benzene rings is 2. The Labute approximate surface area is 168 Å². The number of nitrogens with one attached hydrogen (secondary N) is 1. The smallest absolute Gasteiger partial charge is 0.269 e. The molecule has 0 bridgehead atoms. The normalized spacial score (nSPS) is 10.9. The van der Waals surface area contributed by atoms with Crippen molar-refractivity contribution in [2.24, 2.45) is 0 Å². The lowest BCUT2D eigenvalue weighted by Gasteiger charge is -1.99. The quantitative estimate of drug-likeness (QED) is 0.327. The van der Waals surface area contributed by atoms with Gasteiger partial charge in [0.2, 0.25) is 5.91 Å². The molecule has 0 radical (unpaired) electrons. The van der Waals surface area contributed by atoms with Gasteiger partial charge in [0.1, 0.15) is 0 Å². The van der Waals surface area contributed by atoms with Crippen LogP contribution in [-0.2, 0) is 4.79 Å².